The van der Waals surface area contributed by atoms with E-state index in [9.17, 15) is 14.4 Å². The molecular formula is C20H27N5O4. The number of amides is 2. The molecule has 1 aromatic heterocycles. The Balaban J connectivity index is 2.01. The molecular weight excluding hydrogens is 374 g/mol. The molecule has 2 amide bonds. The zero-order chi connectivity index (χ0) is 20.8. The third-order valence-corrected chi connectivity index (χ3v) is 4.85. The van der Waals surface area contributed by atoms with Crippen molar-refractivity contribution in [2.75, 3.05) is 30.3 Å². The lowest BCUT2D eigenvalue weighted by molar-refractivity contribution is 0.116. The lowest BCUT2D eigenvalue weighted by Crippen LogP contribution is -2.48. The average molecular weight is 401 g/mol. The predicted octanol–water partition coefficient (Wildman–Crippen LogP) is 1.27. The summed E-state index contributed by atoms with van der Waals surface area (Å²) in [5.41, 5.74) is 5.75. The molecule has 29 heavy (non-hydrogen) atoms. The molecule has 1 unspecified atom stereocenters. The Hall–Kier alpha value is -3.07. The van der Waals surface area contributed by atoms with Gasteiger partial charge in [-0.05, 0) is 24.8 Å². The van der Waals surface area contributed by atoms with Crippen LogP contribution in [0.5, 0.6) is 0 Å². The number of hydrogen-bond acceptors (Lipinski definition) is 5. The maximum Gasteiger partial charge on any atom is 0.330 e. The normalized spacial score (nSPS) is 16.0. The minimum Gasteiger partial charge on any atom is -0.383 e. The van der Waals surface area contributed by atoms with Gasteiger partial charge in [-0.3, -0.25) is 19.2 Å². The first kappa shape index (κ1) is 20.7. The summed E-state index contributed by atoms with van der Waals surface area (Å²) in [5, 5.41) is 2.78. The first-order valence-electron chi connectivity index (χ1n) is 9.84. The first-order chi connectivity index (χ1) is 14.0. The quantitative estimate of drug-likeness (QED) is 0.645. The number of urea groups is 1. The summed E-state index contributed by atoms with van der Waals surface area (Å²) in [6.45, 7) is 3.38. The second-order valence-corrected chi connectivity index (χ2v) is 7.04. The molecule has 0 spiro atoms. The summed E-state index contributed by atoms with van der Waals surface area (Å²) in [6.07, 6.45) is 2.25. The monoisotopic (exact) mass is 401 g/mol. The highest BCUT2D eigenvalue weighted by atomic mass is 16.5. The molecule has 0 saturated carbocycles. The molecule has 1 saturated heterocycles. The topological polar surface area (TPSA) is 122 Å². The van der Waals surface area contributed by atoms with Crippen molar-refractivity contribution >= 4 is 17.5 Å². The Morgan fingerprint density at radius 1 is 1.34 bits per heavy atom. The Bertz CT molecular complexity index is 948. The average Bonchev–Trinajstić information content (AvgIpc) is 3.22. The second kappa shape index (κ2) is 9.42. The van der Waals surface area contributed by atoms with Crippen LogP contribution in [0.25, 0.3) is 0 Å². The highest BCUT2D eigenvalue weighted by molar-refractivity contribution is 5.94. The van der Waals surface area contributed by atoms with E-state index < -0.39 is 17.3 Å². The van der Waals surface area contributed by atoms with Crippen LogP contribution >= 0.6 is 0 Å². The van der Waals surface area contributed by atoms with Crippen LogP contribution in [0.3, 0.4) is 0 Å². The number of ether oxygens (including phenoxy) is 1. The molecule has 1 aliphatic rings. The van der Waals surface area contributed by atoms with E-state index in [4.69, 9.17) is 10.5 Å². The lowest BCUT2D eigenvalue weighted by Gasteiger charge is -2.27. The van der Waals surface area contributed by atoms with Crippen LogP contribution in [0.2, 0.25) is 0 Å². The van der Waals surface area contributed by atoms with E-state index in [1.165, 1.54) is 9.47 Å². The van der Waals surface area contributed by atoms with Gasteiger partial charge < -0.3 is 15.8 Å². The molecule has 9 nitrogen and oxygen atoms in total. The van der Waals surface area contributed by atoms with Gasteiger partial charge in [-0.1, -0.05) is 37.3 Å². The molecule has 3 rings (SSSR count). The summed E-state index contributed by atoms with van der Waals surface area (Å²) in [5.74, 6) is -0.0488. The van der Waals surface area contributed by atoms with Crippen LogP contribution in [-0.4, -0.2) is 41.4 Å². The van der Waals surface area contributed by atoms with Crippen LogP contribution in [-0.2, 0) is 11.3 Å². The van der Waals surface area contributed by atoms with E-state index in [0.29, 0.717) is 13.2 Å². The number of nitrogens with zero attached hydrogens (tertiary/aromatic N) is 2. The first-order valence-corrected chi connectivity index (χ1v) is 9.84. The van der Waals surface area contributed by atoms with E-state index in [1.54, 1.807) is 0 Å². The van der Waals surface area contributed by atoms with E-state index in [2.05, 4.69) is 10.3 Å². The van der Waals surface area contributed by atoms with Crippen molar-refractivity contribution in [3.05, 3.63) is 56.7 Å². The zero-order valence-corrected chi connectivity index (χ0v) is 16.5. The van der Waals surface area contributed by atoms with Crippen molar-refractivity contribution in [3.63, 3.8) is 0 Å². The molecule has 9 heteroatoms. The predicted molar refractivity (Wildman–Crippen MR) is 111 cm³/mol. The minimum absolute atomic E-state index is 0.0374. The number of benzene rings is 1. The molecule has 0 bridgehead atoms. The molecule has 1 atom stereocenters. The second-order valence-electron chi connectivity index (χ2n) is 7.04. The molecule has 1 aromatic carbocycles. The van der Waals surface area contributed by atoms with E-state index in [0.717, 1.165) is 24.8 Å². The maximum atomic E-state index is 12.8. The fraction of sp³-hybridized carbons (Fsp3) is 0.450. The van der Waals surface area contributed by atoms with Gasteiger partial charge in [-0.2, -0.15) is 0 Å². The van der Waals surface area contributed by atoms with Crippen molar-refractivity contribution in [1.29, 1.82) is 0 Å². The third kappa shape index (κ3) is 4.86. The Kier molecular flexibility index (Phi) is 6.71. The SMILES string of the molecule is CCCNC(=O)N(CC1CCCO1)c1c(N)n(Cc2ccccc2)c(=O)[nH]c1=O. The van der Waals surface area contributed by atoms with Gasteiger partial charge in [0.1, 0.15) is 5.82 Å². The number of hydrogen-bond donors (Lipinski definition) is 3. The summed E-state index contributed by atoms with van der Waals surface area (Å²) in [6, 6.07) is 8.85. The van der Waals surface area contributed by atoms with Crippen molar-refractivity contribution in [3.8, 4) is 0 Å². The standard InChI is InChI=1S/C20H27N5O4/c1-2-10-22-19(27)24(13-15-9-6-11-29-15)16-17(21)25(20(28)23-18(16)26)12-14-7-4-3-5-8-14/h3-5,7-8,15H,2,6,9-13,21H2,1H3,(H,22,27)(H,23,26,28). The Labute approximate surface area is 168 Å². The Morgan fingerprint density at radius 2 is 2.10 bits per heavy atom. The third-order valence-electron chi connectivity index (χ3n) is 4.85. The minimum atomic E-state index is -0.693. The molecule has 1 aliphatic heterocycles. The fourth-order valence-corrected chi connectivity index (χ4v) is 3.36. The lowest BCUT2D eigenvalue weighted by atomic mass is 10.2. The number of nitrogen functional groups attached to an aromatic ring is 1. The number of carbonyl (C=O) groups excluding carboxylic acids is 1. The van der Waals surface area contributed by atoms with E-state index in [-0.39, 0.29) is 30.7 Å². The summed E-state index contributed by atoms with van der Waals surface area (Å²) in [7, 11) is 0. The number of anilines is 2. The zero-order valence-electron chi connectivity index (χ0n) is 16.5. The maximum absolute atomic E-state index is 12.8. The van der Waals surface area contributed by atoms with Crippen LogP contribution in [0, 0.1) is 0 Å². The van der Waals surface area contributed by atoms with Crippen LogP contribution in [0.1, 0.15) is 31.7 Å². The van der Waals surface area contributed by atoms with Gasteiger partial charge in [-0.25, -0.2) is 9.59 Å². The highest BCUT2D eigenvalue weighted by Gasteiger charge is 2.28. The van der Waals surface area contributed by atoms with Crippen LogP contribution < -0.4 is 27.2 Å². The van der Waals surface area contributed by atoms with Gasteiger partial charge in [0, 0.05) is 13.2 Å². The summed E-state index contributed by atoms with van der Waals surface area (Å²) < 4.78 is 6.91. The smallest absolute Gasteiger partial charge is 0.330 e. The van der Waals surface area contributed by atoms with E-state index in [1.807, 2.05) is 37.3 Å². The molecule has 2 heterocycles. The molecule has 156 valence electrons. The van der Waals surface area contributed by atoms with Gasteiger partial charge >= 0.3 is 11.7 Å². The molecule has 0 radical (unpaired) electrons. The summed E-state index contributed by atoms with van der Waals surface area (Å²) >= 11 is 0. The number of aromatic amines is 1. The van der Waals surface area contributed by atoms with Crippen molar-refractivity contribution in [2.24, 2.45) is 0 Å². The number of H-pyrrole nitrogens is 1. The summed E-state index contributed by atoms with van der Waals surface area (Å²) in [4.78, 5) is 41.5. The molecule has 1 fully saturated rings. The van der Waals surface area contributed by atoms with Crippen LogP contribution in [0.4, 0.5) is 16.3 Å². The van der Waals surface area contributed by atoms with Gasteiger partial charge in [-0.15, -0.1) is 0 Å². The van der Waals surface area contributed by atoms with E-state index >= 15 is 0 Å². The van der Waals surface area contributed by atoms with Crippen molar-refractivity contribution < 1.29 is 9.53 Å². The number of nitrogens with two attached hydrogens (primary N) is 1. The van der Waals surface area contributed by atoms with Gasteiger partial charge in [0.2, 0.25) is 0 Å². The van der Waals surface area contributed by atoms with Gasteiger partial charge in [0.25, 0.3) is 5.56 Å². The Morgan fingerprint density at radius 3 is 2.76 bits per heavy atom. The number of rotatable bonds is 7. The fourth-order valence-electron chi connectivity index (χ4n) is 3.36. The van der Waals surface area contributed by atoms with Crippen molar-refractivity contribution in [2.45, 2.75) is 38.8 Å². The van der Waals surface area contributed by atoms with Crippen molar-refractivity contribution in [1.82, 2.24) is 14.9 Å². The molecule has 2 aromatic rings. The number of aromatic nitrogens is 2. The molecule has 0 aliphatic carbocycles. The van der Waals surface area contributed by atoms with Gasteiger partial charge in [0.15, 0.2) is 5.69 Å². The largest absolute Gasteiger partial charge is 0.383 e. The highest BCUT2D eigenvalue weighted by Crippen LogP contribution is 2.21. The number of nitrogens with one attached hydrogen (secondary N) is 2. The molecule has 4 N–H and O–H groups in total. The number of carbonyl (C=O) groups is 1. The van der Waals surface area contributed by atoms with Gasteiger partial charge in [0.05, 0.1) is 19.2 Å². The van der Waals surface area contributed by atoms with Crippen LogP contribution in [0.15, 0.2) is 39.9 Å².